The van der Waals surface area contributed by atoms with Gasteiger partial charge >= 0.3 is 0 Å². The van der Waals surface area contributed by atoms with Crippen molar-refractivity contribution in [3.05, 3.63) is 42.5 Å². The van der Waals surface area contributed by atoms with E-state index in [-0.39, 0.29) is 12.0 Å². The summed E-state index contributed by atoms with van der Waals surface area (Å²) in [5.41, 5.74) is 0. The van der Waals surface area contributed by atoms with E-state index < -0.39 is 0 Å². The molecule has 0 unspecified atom stereocenters. The molecule has 0 N–H and O–H groups in total. The zero-order chi connectivity index (χ0) is 18.1. The van der Waals surface area contributed by atoms with E-state index in [1.165, 1.54) is 5.39 Å². The van der Waals surface area contributed by atoms with Crippen LogP contribution in [0.5, 0.6) is 5.75 Å². The summed E-state index contributed by atoms with van der Waals surface area (Å²) in [5.74, 6) is 0.909. The Balaban J connectivity index is 2.18. The molecule has 0 aromatic heterocycles. The summed E-state index contributed by atoms with van der Waals surface area (Å²) >= 11 is 0. The number of amides is 1. The van der Waals surface area contributed by atoms with Gasteiger partial charge in [0.15, 0.2) is 6.10 Å². The fraction of sp³-hybridized carbons (Fsp3) is 0.500. The normalized spacial score (nSPS) is 12.1. The molecule has 0 radical (unpaired) electrons. The molecule has 1 amide bonds. The van der Waals surface area contributed by atoms with E-state index in [2.05, 4.69) is 39.0 Å². The van der Waals surface area contributed by atoms with Gasteiger partial charge in [0.05, 0.1) is 0 Å². The first-order chi connectivity index (χ1) is 12.2. The Labute approximate surface area is 152 Å². The molecule has 0 aliphatic heterocycles. The molecule has 0 spiro atoms. The maximum absolute atomic E-state index is 13.0. The van der Waals surface area contributed by atoms with Crippen LogP contribution in [0.4, 0.5) is 0 Å². The summed E-state index contributed by atoms with van der Waals surface area (Å²) in [4.78, 5) is 15.0. The minimum atomic E-state index is -0.390. The maximum atomic E-state index is 13.0. The van der Waals surface area contributed by atoms with Gasteiger partial charge in [-0.3, -0.25) is 4.79 Å². The van der Waals surface area contributed by atoms with E-state index in [1.807, 2.05) is 29.2 Å². The lowest BCUT2D eigenvalue weighted by Gasteiger charge is -2.27. The van der Waals surface area contributed by atoms with Crippen molar-refractivity contribution in [2.24, 2.45) is 0 Å². The minimum Gasteiger partial charge on any atom is -0.481 e. The molecular weight excluding hydrogens is 310 g/mol. The zero-order valence-electron chi connectivity index (χ0n) is 15.8. The molecule has 0 aliphatic carbocycles. The molecule has 2 aromatic rings. The summed E-state index contributed by atoms with van der Waals surface area (Å²) in [5, 5.41) is 2.32. The number of unbranched alkanes of at least 4 members (excludes halogenated alkanes) is 1. The van der Waals surface area contributed by atoms with Gasteiger partial charge in [0.1, 0.15) is 5.75 Å². The van der Waals surface area contributed by atoms with Gasteiger partial charge in [0, 0.05) is 13.1 Å². The number of hydrogen-bond donors (Lipinski definition) is 0. The van der Waals surface area contributed by atoms with Crippen molar-refractivity contribution in [3.63, 3.8) is 0 Å². The predicted molar refractivity (Wildman–Crippen MR) is 105 cm³/mol. The van der Waals surface area contributed by atoms with Crippen molar-refractivity contribution >= 4 is 16.7 Å². The highest BCUT2D eigenvalue weighted by Gasteiger charge is 2.25. The second-order valence-electron chi connectivity index (χ2n) is 6.58. The molecule has 0 fully saturated rings. The standard InChI is InChI=1S/C22H31NO2/c1-4-7-12-21(22(24)23(15-5-2)16-6-3)25-20-14-13-18-10-8-9-11-19(18)17-20/h8-11,13-14,17,21H,4-7,12,15-16H2,1-3H3/t21-/m0/s1. The summed E-state index contributed by atoms with van der Waals surface area (Å²) in [6, 6.07) is 14.3. The molecule has 2 rings (SSSR count). The number of carbonyl (C=O) groups excluding carboxylic acids is 1. The highest BCUT2D eigenvalue weighted by atomic mass is 16.5. The average molecular weight is 341 g/mol. The minimum absolute atomic E-state index is 0.130. The van der Waals surface area contributed by atoms with Crippen molar-refractivity contribution in [1.82, 2.24) is 4.90 Å². The first-order valence-corrected chi connectivity index (χ1v) is 9.63. The van der Waals surface area contributed by atoms with Gasteiger partial charge in [-0.25, -0.2) is 0 Å². The molecule has 136 valence electrons. The third kappa shape index (κ3) is 5.48. The molecule has 1 atom stereocenters. The Morgan fingerprint density at radius 1 is 0.960 bits per heavy atom. The van der Waals surface area contributed by atoms with Crippen LogP contribution in [-0.2, 0) is 4.79 Å². The van der Waals surface area contributed by atoms with Crippen LogP contribution in [0.1, 0.15) is 52.9 Å². The molecule has 0 bridgehead atoms. The number of nitrogens with zero attached hydrogens (tertiary/aromatic N) is 1. The largest absolute Gasteiger partial charge is 0.481 e. The zero-order valence-corrected chi connectivity index (χ0v) is 15.8. The van der Waals surface area contributed by atoms with Gasteiger partial charge in [-0.2, -0.15) is 0 Å². The highest BCUT2D eigenvalue weighted by Crippen LogP contribution is 2.23. The van der Waals surface area contributed by atoms with Gasteiger partial charge in [0.2, 0.25) is 0 Å². The molecule has 0 saturated carbocycles. The molecule has 3 nitrogen and oxygen atoms in total. The van der Waals surface area contributed by atoms with Crippen molar-refractivity contribution in [3.8, 4) is 5.75 Å². The van der Waals surface area contributed by atoms with Crippen molar-refractivity contribution < 1.29 is 9.53 Å². The highest BCUT2D eigenvalue weighted by molar-refractivity contribution is 5.84. The predicted octanol–water partition coefficient (Wildman–Crippen LogP) is 5.43. The van der Waals surface area contributed by atoms with Crippen LogP contribution in [-0.4, -0.2) is 30.0 Å². The summed E-state index contributed by atoms with van der Waals surface area (Å²) in [6.45, 7) is 7.97. The van der Waals surface area contributed by atoms with E-state index >= 15 is 0 Å². The van der Waals surface area contributed by atoms with Crippen molar-refractivity contribution in [2.75, 3.05) is 13.1 Å². The van der Waals surface area contributed by atoms with Crippen LogP contribution in [0.15, 0.2) is 42.5 Å². The third-order valence-corrected chi connectivity index (χ3v) is 4.39. The first kappa shape index (κ1) is 19.3. The second kappa shape index (κ2) is 10.1. The smallest absolute Gasteiger partial charge is 0.263 e. The van der Waals surface area contributed by atoms with Crippen LogP contribution >= 0.6 is 0 Å². The Kier molecular flexibility index (Phi) is 7.77. The molecule has 25 heavy (non-hydrogen) atoms. The van der Waals surface area contributed by atoms with E-state index in [4.69, 9.17) is 4.74 Å². The van der Waals surface area contributed by atoms with Crippen LogP contribution in [0.25, 0.3) is 10.8 Å². The van der Waals surface area contributed by atoms with E-state index in [1.54, 1.807) is 0 Å². The second-order valence-corrected chi connectivity index (χ2v) is 6.58. The van der Waals surface area contributed by atoms with Crippen molar-refractivity contribution in [2.45, 2.75) is 59.0 Å². The average Bonchev–Trinajstić information content (AvgIpc) is 2.64. The van der Waals surface area contributed by atoms with Crippen LogP contribution in [0.2, 0.25) is 0 Å². The molecule has 3 heteroatoms. The fourth-order valence-electron chi connectivity index (χ4n) is 3.10. The third-order valence-electron chi connectivity index (χ3n) is 4.39. The number of carbonyl (C=O) groups is 1. The molecule has 2 aromatic carbocycles. The van der Waals surface area contributed by atoms with E-state index in [9.17, 15) is 4.79 Å². The van der Waals surface area contributed by atoms with Crippen LogP contribution in [0.3, 0.4) is 0 Å². The Morgan fingerprint density at radius 3 is 2.28 bits per heavy atom. The van der Waals surface area contributed by atoms with Gasteiger partial charge in [0.25, 0.3) is 5.91 Å². The number of ether oxygens (including phenoxy) is 1. The van der Waals surface area contributed by atoms with E-state index in [0.29, 0.717) is 0 Å². The SMILES string of the molecule is CCCC[C@H](Oc1ccc2ccccc2c1)C(=O)N(CCC)CCC. The molecule has 0 aliphatic rings. The van der Waals surface area contributed by atoms with Crippen LogP contribution < -0.4 is 4.74 Å². The number of rotatable bonds is 10. The Hall–Kier alpha value is -2.03. The lowest BCUT2D eigenvalue weighted by molar-refractivity contribution is -0.139. The monoisotopic (exact) mass is 341 g/mol. The number of benzene rings is 2. The maximum Gasteiger partial charge on any atom is 0.263 e. The van der Waals surface area contributed by atoms with Gasteiger partial charge in [-0.1, -0.05) is 57.5 Å². The van der Waals surface area contributed by atoms with Crippen LogP contribution in [0, 0.1) is 0 Å². The lowest BCUT2D eigenvalue weighted by Crippen LogP contribution is -2.42. The fourth-order valence-corrected chi connectivity index (χ4v) is 3.10. The van der Waals surface area contributed by atoms with Crippen molar-refractivity contribution in [1.29, 1.82) is 0 Å². The molecule has 0 saturated heterocycles. The number of hydrogen-bond acceptors (Lipinski definition) is 2. The summed E-state index contributed by atoms with van der Waals surface area (Å²) < 4.78 is 6.17. The van der Waals surface area contributed by atoms with E-state index in [0.717, 1.165) is 56.3 Å². The molecular formula is C22H31NO2. The molecule has 0 heterocycles. The Morgan fingerprint density at radius 2 is 1.64 bits per heavy atom. The van der Waals surface area contributed by atoms with Gasteiger partial charge in [-0.15, -0.1) is 0 Å². The first-order valence-electron chi connectivity index (χ1n) is 9.63. The quantitative estimate of drug-likeness (QED) is 0.577. The number of fused-ring (bicyclic) bond motifs is 1. The topological polar surface area (TPSA) is 29.5 Å². The summed E-state index contributed by atoms with van der Waals surface area (Å²) in [7, 11) is 0. The van der Waals surface area contributed by atoms with Gasteiger partial charge < -0.3 is 9.64 Å². The summed E-state index contributed by atoms with van der Waals surface area (Å²) in [6.07, 6.45) is 4.39. The Bertz CT molecular complexity index is 662. The van der Waals surface area contributed by atoms with Gasteiger partial charge in [-0.05, 0) is 48.6 Å². The lowest BCUT2D eigenvalue weighted by atomic mass is 10.1.